The van der Waals surface area contributed by atoms with Gasteiger partial charge in [0.1, 0.15) is 6.61 Å². The normalized spacial score (nSPS) is 15.1. The molecule has 1 aliphatic heterocycles. The fourth-order valence-corrected chi connectivity index (χ4v) is 2.02. The molecule has 0 atom stereocenters. The fraction of sp³-hybridized carbons (Fsp3) is 0.533. The van der Waals surface area contributed by atoms with Crippen molar-refractivity contribution in [2.75, 3.05) is 13.2 Å². The van der Waals surface area contributed by atoms with Crippen LogP contribution in [-0.4, -0.2) is 35.1 Å². The summed E-state index contributed by atoms with van der Waals surface area (Å²) in [6.07, 6.45) is 1.54. The van der Waals surface area contributed by atoms with Crippen LogP contribution in [0.5, 0.6) is 0 Å². The molecule has 7 nitrogen and oxygen atoms in total. The number of carbonyl (C=O) groups excluding carboxylic acids is 2. The molecule has 120 valence electrons. The Labute approximate surface area is 129 Å². The molecule has 1 fully saturated rings. The molecule has 0 spiro atoms. The second kappa shape index (κ2) is 7.98. The Morgan fingerprint density at radius 1 is 1.14 bits per heavy atom. The highest BCUT2D eigenvalue weighted by Gasteiger charge is 2.30. The molecule has 1 aliphatic rings. The van der Waals surface area contributed by atoms with E-state index in [1.54, 1.807) is 18.3 Å². The van der Waals surface area contributed by atoms with Crippen molar-refractivity contribution in [1.82, 2.24) is 10.0 Å². The van der Waals surface area contributed by atoms with Crippen molar-refractivity contribution in [3.8, 4) is 0 Å². The Bertz CT molecular complexity index is 495. The van der Waals surface area contributed by atoms with Crippen LogP contribution in [0.15, 0.2) is 18.3 Å². The van der Waals surface area contributed by atoms with Gasteiger partial charge in [0.25, 0.3) is 11.8 Å². The van der Waals surface area contributed by atoms with Crippen molar-refractivity contribution in [2.45, 2.75) is 39.6 Å². The highest BCUT2D eigenvalue weighted by Crippen LogP contribution is 2.18. The van der Waals surface area contributed by atoms with Crippen molar-refractivity contribution in [3.05, 3.63) is 29.6 Å². The zero-order valence-electron chi connectivity index (χ0n) is 12.8. The van der Waals surface area contributed by atoms with E-state index in [0.717, 1.165) is 10.6 Å². The molecule has 0 aromatic carbocycles. The van der Waals surface area contributed by atoms with Gasteiger partial charge in [0.2, 0.25) is 6.29 Å². The maximum Gasteiger partial charge on any atom is 0.254 e. The predicted octanol–water partition coefficient (Wildman–Crippen LogP) is 1.73. The summed E-state index contributed by atoms with van der Waals surface area (Å²) in [6, 6.07) is 3.58. The van der Waals surface area contributed by atoms with Gasteiger partial charge >= 0.3 is 0 Å². The van der Waals surface area contributed by atoms with Crippen LogP contribution >= 0.6 is 0 Å². The first-order valence-corrected chi connectivity index (χ1v) is 7.32. The summed E-state index contributed by atoms with van der Waals surface area (Å²) < 4.78 is 10.9. The number of pyridine rings is 1. The first-order valence-electron chi connectivity index (χ1n) is 7.32. The van der Waals surface area contributed by atoms with Gasteiger partial charge in [-0.1, -0.05) is 6.07 Å². The lowest BCUT2D eigenvalue weighted by Gasteiger charge is -2.17. The van der Waals surface area contributed by atoms with Crippen LogP contribution in [-0.2, 0) is 30.5 Å². The van der Waals surface area contributed by atoms with E-state index >= 15 is 0 Å². The van der Waals surface area contributed by atoms with Crippen LogP contribution in [0.2, 0.25) is 0 Å². The molecule has 0 bridgehead atoms. The molecule has 1 saturated heterocycles. The average molecular weight is 308 g/mol. The summed E-state index contributed by atoms with van der Waals surface area (Å²) >= 11 is 0. The molecule has 0 N–H and O–H groups in total. The quantitative estimate of drug-likeness (QED) is 0.537. The van der Waals surface area contributed by atoms with Crippen LogP contribution in [0.3, 0.4) is 0 Å². The number of carbonyl (C=O) groups is 2. The maximum absolute atomic E-state index is 11.4. The van der Waals surface area contributed by atoms with E-state index in [2.05, 4.69) is 4.98 Å². The Balaban J connectivity index is 1.93. The minimum Gasteiger partial charge on any atom is -0.347 e. The van der Waals surface area contributed by atoms with Gasteiger partial charge in [0.05, 0.1) is 5.69 Å². The Morgan fingerprint density at radius 3 is 2.27 bits per heavy atom. The molecular weight excluding hydrogens is 288 g/mol. The van der Waals surface area contributed by atoms with Crippen molar-refractivity contribution < 1.29 is 23.9 Å². The number of amides is 2. The standard InChI is InChI=1S/C15H20N2O5/c1-3-20-15(21-4-2)12-6-5-11(9-16-12)10-22-17-13(18)7-8-14(17)19/h5-6,9,15H,3-4,7-8,10H2,1-2H3. The van der Waals surface area contributed by atoms with Gasteiger partial charge in [-0.2, -0.15) is 5.06 Å². The fourth-order valence-electron chi connectivity index (χ4n) is 2.02. The van der Waals surface area contributed by atoms with Gasteiger partial charge in [0, 0.05) is 32.3 Å². The zero-order valence-corrected chi connectivity index (χ0v) is 12.8. The largest absolute Gasteiger partial charge is 0.347 e. The summed E-state index contributed by atoms with van der Waals surface area (Å²) in [4.78, 5) is 32.4. The lowest BCUT2D eigenvalue weighted by atomic mass is 10.2. The van der Waals surface area contributed by atoms with Crippen LogP contribution in [0.1, 0.15) is 44.2 Å². The number of hydrogen-bond acceptors (Lipinski definition) is 6. The van der Waals surface area contributed by atoms with Crippen LogP contribution in [0.25, 0.3) is 0 Å². The van der Waals surface area contributed by atoms with Gasteiger partial charge in [-0.05, 0) is 25.5 Å². The molecule has 0 unspecified atom stereocenters. The summed E-state index contributed by atoms with van der Waals surface area (Å²) in [5, 5.41) is 0.830. The van der Waals surface area contributed by atoms with E-state index in [9.17, 15) is 9.59 Å². The average Bonchev–Trinajstić information content (AvgIpc) is 2.84. The van der Waals surface area contributed by atoms with Gasteiger partial charge in [-0.3, -0.25) is 19.4 Å². The number of aromatic nitrogens is 1. The summed E-state index contributed by atoms with van der Waals surface area (Å²) in [5.41, 5.74) is 1.42. The minimum absolute atomic E-state index is 0.110. The second-order valence-corrected chi connectivity index (χ2v) is 4.69. The summed E-state index contributed by atoms with van der Waals surface area (Å²) in [7, 11) is 0. The van der Waals surface area contributed by atoms with Crippen LogP contribution < -0.4 is 0 Å². The monoisotopic (exact) mass is 308 g/mol. The first kappa shape index (κ1) is 16.5. The molecule has 22 heavy (non-hydrogen) atoms. The molecule has 1 aromatic rings. The van der Waals surface area contributed by atoms with Gasteiger partial charge < -0.3 is 9.47 Å². The van der Waals surface area contributed by atoms with E-state index < -0.39 is 6.29 Å². The second-order valence-electron chi connectivity index (χ2n) is 4.69. The van der Waals surface area contributed by atoms with E-state index in [0.29, 0.717) is 18.9 Å². The number of hydroxylamine groups is 2. The number of nitrogens with zero attached hydrogens (tertiary/aromatic N) is 2. The SMILES string of the molecule is CCOC(OCC)c1ccc(CON2C(=O)CCC2=O)cn1. The Hall–Kier alpha value is -1.83. The molecule has 2 amide bonds. The van der Waals surface area contributed by atoms with Crippen molar-refractivity contribution in [3.63, 3.8) is 0 Å². The summed E-state index contributed by atoms with van der Waals surface area (Å²) in [6.45, 7) is 4.93. The predicted molar refractivity (Wildman–Crippen MR) is 76.1 cm³/mol. The number of imide groups is 1. The number of hydrogen-bond donors (Lipinski definition) is 0. The van der Waals surface area contributed by atoms with Gasteiger partial charge in [-0.25, -0.2) is 0 Å². The van der Waals surface area contributed by atoms with E-state index in [1.165, 1.54) is 0 Å². The third kappa shape index (κ3) is 4.09. The maximum atomic E-state index is 11.4. The van der Waals surface area contributed by atoms with Crippen molar-refractivity contribution >= 4 is 11.8 Å². The van der Waals surface area contributed by atoms with Crippen molar-refractivity contribution in [1.29, 1.82) is 0 Å². The van der Waals surface area contributed by atoms with E-state index in [1.807, 2.05) is 13.8 Å². The Kier molecular flexibility index (Phi) is 6.00. The number of rotatable bonds is 8. The zero-order chi connectivity index (χ0) is 15.9. The molecule has 0 radical (unpaired) electrons. The van der Waals surface area contributed by atoms with Crippen LogP contribution in [0, 0.1) is 0 Å². The van der Waals surface area contributed by atoms with Crippen molar-refractivity contribution in [2.24, 2.45) is 0 Å². The molecular formula is C15H20N2O5. The molecule has 2 heterocycles. The third-order valence-corrected chi connectivity index (χ3v) is 3.09. The highest BCUT2D eigenvalue weighted by molar-refractivity contribution is 6.00. The van der Waals surface area contributed by atoms with Gasteiger partial charge in [0.15, 0.2) is 0 Å². The molecule has 0 saturated carbocycles. The number of ether oxygens (including phenoxy) is 2. The first-order chi connectivity index (χ1) is 10.7. The topological polar surface area (TPSA) is 78.0 Å². The van der Waals surface area contributed by atoms with Gasteiger partial charge in [-0.15, -0.1) is 0 Å². The summed E-state index contributed by atoms with van der Waals surface area (Å²) in [5.74, 6) is -0.607. The van der Waals surface area contributed by atoms with E-state index in [4.69, 9.17) is 14.3 Å². The molecule has 7 heteroatoms. The highest BCUT2D eigenvalue weighted by atomic mass is 16.7. The lowest BCUT2D eigenvalue weighted by molar-refractivity contribution is -0.191. The molecule has 0 aliphatic carbocycles. The molecule has 1 aromatic heterocycles. The Morgan fingerprint density at radius 2 is 1.77 bits per heavy atom. The minimum atomic E-state index is -0.494. The lowest BCUT2D eigenvalue weighted by Crippen LogP contribution is -2.29. The smallest absolute Gasteiger partial charge is 0.254 e. The molecule has 2 rings (SSSR count). The van der Waals surface area contributed by atoms with Crippen LogP contribution in [0.4, 0.5) is 0 Å². The third-order valence-electron chi connectivity index (χ3n) is 3.09. The van der Waals surface area contributed by atoms with E-state index in [-0.39, 0.29) is 31.3 Å².